The van der Waals surface area contributed by atoms with Gasteiger partial charge < -0.3 is 4.74 Å². The first-order valence-electron chi connectivity index (χ1n) is 7.11. The largest absolute Gasteiger partial charge is 0.481 e. The van der Waals surface area contributed by atoms with Crippen LogP contribution in [0.1, 0.15) is 36.9 Å². The van der Waals surface area contributed by atoms with Crippen LogP contribution in [-0.2, 0) is 4.79 Å². The summed E-state index contributed by atoms with van der Waals surface area (Å²) in [5, 5.41) is 5.50. The van der Waals surface area contributed by atoms with Crippen molar-refractivity contribution in [2.75, 3.05) is 5.32 Å². The van der Waals surface area contributed by atoms with E-state index in [1.54, 1.807) is 6.92 Å². The molecule has 1 unspecified atom stereocenters. The van der Waals surface area contributed by atoms with Crippen molar-refractivity contribution in [1.29, 1.82) is 0 Å². The van der Waals surface area contributed by atoms with Crippen molar-refractivity contribution in [2.45, 2.75) is 38.7 Å². The van der Waals surface area contributed by atoms with Crippen LogP contribution in [0.4, 0.5) is 5.13 Å². The fraction of sp³-hybridized carbons (Fsp3) is 0.375. The molecule has 1 atom stereocenters. The van der Waals surface area contributed by atoms with Gasteiger partial charge in [0.1, 0.15) is 5.75 Å². The Morgan fingerprint density at radius 1 is 1.48 bits per heavy atom. The first-order chi connectivity index (χ1) is 10.1. The Hall–Kier alpha value is -1.88. The minimum Gasteiger partial charge on any atom is -0.481 e. The van der Waals surface area contributed by atoms with Crippen LogP contribution in [0.5, 0.6) is 5.75 Å². The first kappa shape index (κ1) is 14.1. The van der Waals surface area contributed by atoms with Gasteiger partial charge in [0.05, 0.1) is 5.69 Å². The molecule has 1 aliphatic rings. The average Bonchev–Trinajstić information content (AvgIpc) is 3.19. The fourth-order valence-corrected chi connectivity index (χ4v) is 2.86. The van der Waals surface area contributed by atoms with Crippen LogP contribution in [0, 0.1) is 6.92 Å². The molecule has 1 amide bonds. The molecule has 1 aliphatic carbocycles. The molecular formula is C16H18N2O2S. The van der Waals surface area contributed by atoms with E-state index in [1.807, 2.05) is 36.6 Å². The van der Waals surface area contributed by atoms with Crippen molar-refractivity contribution in [1.82, 2.24) is 4.98 Å². The Kier molecular flexibility index (Phi) is 3.92. The summed E-state index contributed by atoms with van der Waals surface area (Å²) < 4.78 is 5.66. The molecule has 0 radical (unpaired) electrons. The lowest BCUT2D eigenvalue weighted by Gasteiger charge is -2.14. The second-order valence-corrected chi connectivity index (χ2v) is 6.28. The lowest BCUT2D eigenvalue weighted by Crippen LogP contribution is -2.30. The summed E-state index contributed by atoms with van der Waals surface area (Å²) >= 11 is 1.47. The fourth-order valence-electron chi connectivity index (χ4n) is 2.06. The molecule has 3 rings (SSSR count). The molecule has 1 saturated carbocycles. The van der Waals surface area contributed by atoms with E-state index in [0.29, 0.717) is 16.8 Å². The lowest BCUT2D eigenvalue weighted by atomic mass is 10.2. The third-order valence-electron chi connectivity index (χ3n) is 3.42. The SMILES string of the molecule is Cc1cccc(OC(C)C(=O)Nc2nc(C3CC3)cs2)c1. The highest BCUT2D eigenvalue weighted by Crippen LogP contribution is 2.40. The molecule has 1 heterocycles. The maximum Gasteiger partial charge on any atom is 0.266 e. The van der Waals surface area contributed by atoms with E-state index >= 15 is 0 Å². The van der Waals surface area contributed by atoms with Crippen molar-refractivity contribution < 1.29 is 9.53 Å². The molecule has 0 bridgehead atoms. The van der Waals surface area contributed by atoms with Crippen molar-refractivity contribution in [3.63, 3.8) is 0 Å². The minimum absolute atomic E-state index is 0.173. The van der Waals surface area contributed by atoms with Gasteiger partial charge in [-0.15, -0.1) is 11.3 Å². The Bertz CT molecular complexity index is 649. The molecule has 2 aromatic rings. The highest BCUT2D eigenvalue weighted by atomic mass is 32.1. The Morgan fingerprint density at radius 3 is 3.00 bits per heavy atom. The van der Waals surface area contributed by atoms with Crippen LogP contribution in [-0.4, -0.2) is 17.0 Å². The summed E-state index contributed by atoms with van der Waals surface area (Å²) in [5.74, 6) is 1.14. The van der Waals surface area contributed by atoms with Gasteiger partial charge >= 0.3 is 0 Å². The predicted molar refractivity (Wildman–Crippen MR) is 84.0 cm³/mol. The molecule has 4 nitrogen and oxygen atoms in total. The molecule has 1 N–H and O–H groups in total. The summed E-state index contributed by atoms with van der Waals surface area (Å²) in [4.78, 5) is 16.6. The van der Waals surface area contributed by atoms with Gasteiger partial charge in [0.2, 0.25) is 0 Å². The molecule has 0 saturated heterocycles. The van der Waals surface area contributed by atoms with E-state index in [-0.39, 0.29) is 5.91 Å². The van der Waals surface area contributed by atoms with E-state index in [4.69, 9.17) is 4.74 Å². The molecule has 5 heteroatoms. The number of anilines is 1. The molecular weight excluding hydrogens is 284 g/mol. The zero-order valence-corrected chi connectivity index (χ0v) is 12.9. The molecule has 1 aromatic carbocycles. The maximum absolute atomic E-state index is 12.1. The van der Waals surface area contributed by atoms with Crippen LogP contribution in [0.2, 0.25) is 0 Å². The molecule has 1 aromatic heterocycles. The van der Waals surface area contributed by atoms with E-state index in [2.05, 4.69) is 10.3 Å². The van der Waals surface area contributed by atoms with Gasteiger partial charge in [-0.25, -0.2) is 4.98 Å². The van der Waals surface area contributed by atoms with Gasteiger partial charge in [0.25, 0.3) is 5.91 Å². The number of nitrogens with zero attached hydrogens (tertiary/aromatic N) is 1. The number of amides is 1. The zero-order valence-electron chi connectivity index (χ0n) is 12.1. The van der Waals surface area contributed by atoms with Crippen LogP contribution in [0.15, 0.2) is 29.6 Å². The van der Waals surface area contributed by atoms with Crippen molar-refractivity contribution >= 4 is 22.4 Å². The number of aryl methyl sites for hydroxylation is 1. The van der Waals surface area contributed by atoms with Gasteiger partial charge in [-0.05, 0) is 44.4 Å². The number of hydrogen-bond donors (Lipinski definition) is 1. The van der Waals surface area contributed by atoms with Gasteiger partial charge in [-0.2, -0.15) is 0 Å². The number of benzene rings is 1. The third kappa shape index (κ3) is 3.61. The number of nitrogens with one attached hydrogen (secondary N) is 1. The number of carbonyl (C=O) groups is 1. The Morgan fingerprint density at radius 2 is 2.29 bits per heavy atom. The monoisotopic (exact) mass is 302 g/mol. The van der Waals surface area contributed by atoms with E-state index in [1.165, 1.54) is 24.2 Å². The van der Waals surface area contributed by atoms with E-state index < -0.39 is 6.10 Å². The maximum atomic E-state index is 12.1. The Labute approximate surface area is 128 Å². The second kappa shape index (κ2) is 5.85. The molecule has 1 fully saturated rings. The predicted octanol–water partition coefficient (Wildman–Crippen LogP) is 3.73. The van der Waals surface area contributed by atoms with Crippen LogP contribution < -0.4 is 10.1 Å². The summed E-state index contributed by atoms with van der Waals surface area (Å²) in [7, 11) is 0. The van der Waals surface area contributed by atoms with Crippen LogP contribution in [0.25, 0.3) is 0 Å². The normalized spacial score (nSPS) is 15.5. The highest BCUT2D eigenvalue weighted by Gasteiger charge is 2.26. The highest BCUT2D eigenvalue weighted by molar-refractivity contribution is 7.13. The number of rotatable bonds is 5. The topological polar surface area (TPSA) is 51.2 Å². The van der Waals surface area contributed by atoms with Gasteiger partial charge in [0, 0.05) is 11.3 Å². The quantitative estimate of drug-likeness (QED) is 0.915. The van der Waals surface area contributed by atoms with Crippen LogP contribution >= 0.6 is 11.3 Å². The van der Waals surface area contributed by atoms with Crippen molar-refractivity contribution in [3.05, 3.63) is 40.9 Å². The summed E-state index contributed by atoms with van der Waals surface area (Å²) in [5.41, 5.74) is 2.21. The zero-order chi connectivity index (χ0) is 14.8. The molecule has 110 valence electrons. The number of thiazole rings is 1. The minimum atomic E-state index is -0.555. The summed E-state index contributed by atoms with van der Waals surface area (Å²) in [6, 6.07) is 7.67. The molecule has 0 aliphatic heterocycles. The summed E-state index contributed by atoms with van der Waals surface area (Å²) in [6.07, 6.45) is 1.87. The molecule has 0 spiro atoms. The number of ether oxygens (including phenoxy) is 1. The third-order valence-corrected chi connectivity index (χ3v) is 4.20. The number of aromatic nitrogens is 1. The van der Waals surface area contributed by atoms with Crippen molar-refractivity contribution in [3.8, 4) is 5.75 Å². The smallest absolute Gasteiger partial charge is 0.266 e. The number of carbonyl (C=O) groups excluding carboxylic acids is 1. The first-order valence-corrected chi connectivity index (χ1v) is 7.99. The summed E-state index contributed by atoms with van der Waals surface area (Å²) in [6.45, 7) is 3.74. The van der Waals surface area contributed by atoms with Gasteiger partial charge in [0.15, 0.2) is 11.2 Å². The van der Waals surface area contributed by atoms with E-state index in [0.717, 1.165) is 11.3 Å². The standard InChI is InChI=1S/C16H18N2O2S/c1-10-4-3-5-13(8-10)20-11(2)15(19)18-16-17-14(9-21-16)12-6-7-12/h3-5,8-9,11-12H,6-7H2,1-2H3,(H,17,18,19). The van der Waals surface area contributed by atoms with Crippen molar-refractivity contribution in [2.24, 2.45) is 0 Å². The average molecular weight is 302 g/mol. The Balaban J connectivity index is 1.58. The lowest BCUT2D eigenvalue weighted by molar-refractivity contribution is -0.122. The second-order valence-electron chi connectivity index (χ2n) is 5.42. The van der Waals surface area contributed by atoms with E-state index in [9.17, 15) is 4.79 Å². The van der Waals surface area contributed by atoms with Crippen LogP contribution in [0.3, 0.4) is 0 Å². The molecule has 21 heavy (non-hydrogen) atoms. The number of hydrogen-bond acceptors (Lipinski definition) is 4. The van der Waals surface area contributed by atoms with Gasteiger partial charge in [-0.1, -0.05) is 12.1 Å². The van der Waals surface area contributed by atoms with Gasteiger partial charge in [-0.3, -0.25) is 10.1 Å².